The van der Waals surface area contributed by atoms with E-state index in [0.717, 1.165) is 5.69 Å². The minimum Gasteiger partial charge on any atom is -0.352 e. The molecule has 1 aliphatic heterocycles. The van der Waals surface area contributed by atoms with E-state index in [-0.39, 0.29) is 29.2 Å². The van der Waals surface area contributed by atoms with Gasteiger partial charge in [-0.05, 0) is 40.5 Å². The quantitative estimate of drug-likeness (QED) is 0.732. The highest BCUT2D eigenvalue weighted by Gasteiger charge is 2.28. The minimum absolute atomic E-state index is 0.0172. The molecule has 140 valence electrons. The molecule has 2 heterocycles. The van der Waals surface area contributed by atoms with Crippen molar-refractivity contribution >= 4 is 27.5 Å². The zero-order chi connectivity index (χ0) is 18.7. The van der Waals surface area contributed by atoms with Crippen LogP contribution in [0, 0.1) is 0 Å². The number of thioether (sulfide) groups is 1. The third kappa shape index (κ3) is 4.61. The molecule has 1 aromatic carbocycles. The van der Waals surface area contributed by atoms with E-state index in [1.807, 2.05) is 24.3 Å². The maximum Gasteiger partial charge on any atom is 0.230 e. The van der Waals surface area contributed by atoms with Crippen molar-refractivity contribution in [2.45, 2.75) is 37.4 Å². The number of carbonyl (C=O) groups is 1. The first-order valence-corrected chi connectivity index (χ1v) is 11.2. The zero-order valence-corrected chi connectivity index (χ0v) is 16.3. The fourth-order valence-electron chi connectivity index (χ4n) is 2.74. The SMILES string of the molecule is CC(C)c1ccc(-n2nnnc2SCC(=O)N[C@H]2CCS(=O)(=O)C2)cc1. The molecule has 26 heavy (non-hydrogen) atoms. The van der Waals surface area contributed by atoms with Crippen molar-refractivity contribution in [3.8, 4) is 5.69 Å². The molecule has 1 saturated heterocycles. The van der Waals surface area contributed by atoms with E-state index in [9.17, 15) is 13.2 Å². The number of nitrogens with zero attached hydrogens (tertiary/aromatic N) is 4. The Morgan fingerprint density at radius 2 is 2.08 bits per heavy atom. The maximum atomic E-state index is 12.1. The average molecular weight is 396 g/mol. The Labute approximate surface area is 156 Å². The summed E-state index contributed by atoms with van der Waals surface area (Å²) >= 11 is 1.22. The Hall–Kier alpha value is -1.94. The fraction of sp³-hybridized carbons (Fsp3) is 0.500. The summed E-state index contributed by atoms with van der Waals surface area (Å²) < 4.78 is 24.5. The topological polar surface area (TPSA) is 107 Å². The highest BCUT2D eigenvalue weighted by atomic mass is 32.2. The lowest BCUT2D eigenvalue weighted by Gasteiger charge is -2.10. The number of benzene rings is 1. The van der Waals surface area contributed by atoms with Crippen LogP contribution in [0.3, 0.4) is 0 Å². The first kappa shape index (κ1) is 18.8. The van der Waals surface area contributed by atoms with Gasteiger partial charge in [0.25, 0.3) is 0 Å². The highest BCUT2D eigenvalue weighted by Crippen LogP contribution is 2.21. The van der Waals surface area contributed by atoms with Crippen molar-refractivity contribution in [1.82, 2.24) is 25.5 Å². The predicted octanol–water partition coefficient (Wildman–Crippen LogP) is 1.18. The van der Waals surface area contributed by atoms with Gasteiger partial charge in [-0.2, -0.15) is 4.68 Å². The van der Waals surface area contributed by atoms with Gasteiger partial charge in [-0.1, -0.05) is 37.7 Å². The largest absolute Gasteiger partial charge is 0.352 e. The van der Waals surface area contributed by atoms with Crippen molar-refractivity contribution < 1.29 is 13.2 Å². The number of hydrogen-bond acceptors (Lipinski definition) is 7. The molecule has 0 unspecified atom stereocenters. The van der Waals surface area contributed by atoms with Crippen LogP contribution < -0.4 is 5.32 Å². The summed E-state index contributed by atoms with van der Waals surface area (Å²) in [7, 11) is -3.01. The van der Waals surface area contributed by atoms with E-state index in [4.69, 9.17) is 0 Å². The predicted molar refractivity (Wildman–Crippen MR) is 99.2 cm³/mol. The van der Waals surface area contributed by atoms with E-state index >= 15 is 0 Å². The second kappa shape index (κ2) is 7.75. The van der Waals surface area contributed by atoms with Crippen molar-refractivity contribution in [3.05, 3.63) is 29.8 Å². The third-order valence-corrected chi connectivity index (χ3v) is 6.86. The van der Waals surface area contributed by atoms with Crippen LogP contribution in [-0.4, -0.2) is 57.8 Å². The molecule has 2 aromatic rings. The number of amides is 1. The van der Waals surface area contributed by atoms with Crippen molar-refractivity contribution in [2.24, 2.45) is 0 Å². The molecule has 0 saturated carbocycles. The van der Waals surface area contributed by atoms with Gasteiger partial charge in [0.1, 0.15) is 0 Å². The van der Waals surface area contributed by atoms with Crippen LogP contribution in [0.2, 0.25) is 0 Å². The third-order valence-electron chi connectivity index (χ3n) is 4.18. The second-order valence-electron chi connectivity index (χ2n) is 6.58. The van der Waals surface area contributed by atoms with Crippen LogP contribution >= 0.6 is 11.8 Å². The first-order valence-electron chi connectivity index (χ1n) is 8.35. The standard InChI is InChI=1S/C16H21N5O3S2/c1-11(2)12-3-5-14(6-4-12)21-16(18-19-20-21)25-9-15(22)17-13-7-8-26(23,24)10-13/h3-6,11,13H,7-10H2,1-2H3,(H,17,22)/t13-/m0/s1. The van der Waals surface area contributed by atoms with Gasteiger partial charge < -0.3 is 5.32 Å². The number of aromatic nitrogens is 4. The highest BCUT2D eigenvalue weighted by molar-refractivity contribution is 7.99. The molecule has 0 bridgehead atoms. The van der Waals surface area contributed by atoms with Gasteiger partial charge >= 0.3 is 0 Å². The Balaban J connectivity index is 1.59. The second-order valence-corrected chi connectivity index (χ2v) is 9.75. The molecule has 3 rings (SSSR count). The summed E-state index contributed by atoms with van der Waals surface area (Å²) in [5, 5.41) is 14.9. The number of rotatable bonds is 6. The molecule has 1 aliphatic rings. The number of carbonyl (C=O) groups excluding carboxylic acids is 1. The summed E-state index contributed by atoms with van der Waals surface area (Å²) in [6.07, 6.45) is 0.471. The van der Waals surface area contributed by atoms with Crippen LogP contribution in [0.1, 0.15) is 31.7 Å². The molecule has 1 fully saturated rings. The van der Waals surface area contributed by atoms with Crippen LogP contribution in [0.25, 0.3) is 5.69 Å². The number of tetrazole rings is 1. The first-order chi connectivity index (χ1) is 12.3. The van der Waals surface area contributed by atoms with Gasteiger partial charge in [-0.3, -0.25) is 4.79 Å². The number of hydrogen-bond donors (Lipinski definition) is 1. The van der Waals surface area contributed by atoms with Crippen molar-refractivity contribution in [1.29, 1.82) is 0 Å². The Morgan fingerprint density at radius 3 is 2.69 bits per heavy atom. The monoisotopic (exact) mass is 395 g/mol. The Morgan fingerprint density at radius 1 is 1.35 bits per heavy atom. The molecular formula is C16H21N5O3S2. The van der Waals surface area contributed by atoms with Gasteiger partial charge in [0.2, 0.25) is 11.1 Å². The van der Waals surface area contributed by atoms with E-state index in [1.165, 1.54) is 17.3 Å². The molecule has 0 aliphatic carbocycles. The lowest BCUT2D eigenvalue weighted by Crippen LogP contribution is -2.36. The van der Waals surface area contributed by atoms with Crippen LogP contribution in [0.5, 0.6) is 0 Å². The van der Waals surface area contributed by atoms with Crippen molar-refractivity contribution in [2.75, 3.05) is 17.3 Å². The maximum absolute atomic E-state index is 12.1. The Bertz CT molecular complexity index is 878. The number of sulfone groups is 1. The smallest absolute Gasteiger partial charge is 0.230 e. The van der Waals surface area contributed by atoms with Gasteiger partial charge in [0, 0.05) is 6.04 Å². The summed E-state index contributed by atoms with van der Waals surface area (Å²) in [5.74, 6) is 0.497. The average Bonchev–Trinajstić information content (AvgIpc) is 3.19. The number of nitrogens with one attached hydrogen (secondary N) is 1. The molecule has 1 amide bonds. The normalized spacial score (nSPS) is 19.0. The van der Waals surface area contributed by atoms with Gasteiger partial charge in [0.15, 0.2) is 9.84 Å². The summed E-state index contributed by atoms with van der Waals surface area (Å²) in [5.41, 5.74) is 2.05. The van der Waals surface area contributed by atoms with E-state index in [1.54, 1.807) is 4.68 Å². The molecular weight excluding hydrogens is 374 g/mol. The van der Waals surface area contributed by atoms with E-state index in [0.29, 0.717) is 17.5 Å². The summed E-state index contributed by atoms with van der Waals surface area (Å²) in [6.45, 7) is 4.25. The molecule has 8 nitrogen and oxygen atoms in total. The molecule has 10 heteroatoms. The summed E-state index contributed by atoms with van der Waals surface area (Å²) in [6, 6.07) is 7.65. The van der Waals surface area contributed by atoms with Gasteiger partial charge in [-0.25, -0.2) is 8.42 Å². The lowest BCUT2D eigenvalue weighted by molar-refractivity contribution is -0.119. The van der Waals surface area contributed by atoms with E-state index in [2.05, 4.69) is 34.7 Å². The summed E-state index contributed by atoms with van der Waals surface area (Å²) in [4.78, 5) is 12.1. The molecule has 0 radical (unpaired) electrons. The van der Waals surface area contributed by atoms with Gasteiger partial charge in [-0.15, -0.1) is 5.10 Å². The Kier molecular flexibility index (Phi) is 5.61. The molecule has 0 spiro atoms. The lowest BCUT2D eigenvalue weighted by atomic mass is 10.0. The fourth-order valence-corrected chi connectivity index (χ4v) is 5.12. The molecule has 1 N–H and O–H groups in total. The van der Waals surface area contributed by atoms with Crippen LogP contribution in [0.15, 0.2) is 29.4 Å². The zero-order valence-electron chi connectivity index (χ0n) is 14.6. The van der Waals surface area contributed by atoms with Gasteiger partial charge in [0.05, 0.1) is 22.9 Å². The van der Waals surface area contributed by atoms with E-state index < -0.39 is 9.84 Å². The van der Waals surface area contributed by atoms with Crippen molar-refractivity contribution in [3.63, 3.8) is 0 Å². The minimum atomic E-state index is -3.01. The van der Waals surface area contributed by atoms with Crippen LogP contribution in [-0.2, 0) is 14.6 Å². The van der Waals surface area contributed by atoms with Crippen LogP contribution in [0.4, 0.5) is 0 Å². The molecule has 1 atom stereocenters. The molecule has 1 aromatic heterocycles.